The summed E-state index contributed by atoms with van der Waals surface area (Å²) in [5.74, 6) is -1.07. The molecule has 2 aromatic rings. The average molecular weight is 330 g/mol. The van der Waals surface area contributed by atoms with E-state index < -0.39 is 21.5 Å². The van der Waals surface area contributed by atoms with Crippen molar-refractivity contribution in [3.8, 4) is 0 Å². The van der Waals surface area contributed by atoms with Gasteiger partial charge in [-0.2, -0.15) is 0 Å². The Morgan fingerprint density at radius 1 is 1.17 bits per heavy atom. The Morgan fingerprint density at radius 3 is 2.74 bits per heavy atom. The predicted molar refractivity (Wildman–Crippen MR) is 86.6 cm³/mol. The second-order valence-electron chi connectivity index (χ2n) is 5.64. The first kappa shape index (κ1) is 15.7. The summed E-state index contributed by atoms with van der Waals surface area (Å²) in [6.45, 7) is 0. The molecule has 1 heterocycles. The summed E-state index contributed by atoms with van der Waals surface area (Å²) in [5.41, 5.74) is 2.30. The molecular weight excluding hydrogens is 312 g/mol. The molecule has 1 amide bonds. The zero-order valence-electron chi connectivity index (χ0n) is 12.6. The van der Waals surface area contributed by atoms with Gasteiger partial charge in [0.15, 0.2) is 5.03 Å². The van der Waals surface area contributed by atoms with Gasteiger partial charge in [-0.1, -0.05) is 30.3 Å². The first-order valence-corrected chi connectivity index (χ1v) is 9.22. The van der Waals surface area contributed by atoms with E-state index in [1.165, 1.54) is 17.8 Å². The van der Waals surface area contributed by atoms with Crippen molar-refractivity contribution < 1.29 is 13.2 Å². The third-order valence-corrected chi connectivity index (χ3v) is 5.50. The quantitative estimate of drug-likeness (QED) is 0.931. The van der Waals surface area contributed by atoms with E-state index in [9.17, 15) is 13.2 Å². The minimum atomic E-state index is -3.71. The Kier molecular flexibility index (Phi) is 4.43. The monoisotopic (exact) mass is 330 g/mol. The molecule has 5 nitrogen and oxygen atoms in total. The van der Waals surface area contributed by atoms with Gasteiger partial charge in [0.25, 0.3) is 0 Å². The molecule has 0 radical (unpaired) electrons. The van der Waals surface area contributed by atoms with Gasteiger partial charge in [0.2, 0.25) is 15.7 Å². The number of carbonyl (C=O) groups excluding carboxylic acids is 1. The molecule has 0 saturated heterocycles. The molecule has 120 valence electrons. The third kappa shape index (κ3) is 3.59. The molecule has 3 rings (SSSR count). The Balaban J connectivity index is 1.71. The van der Waals surface area contributed by atoms with E-state index in [1.807, 2.05) is 18.2 Å². The summed E-state index contributed by atoms with van der Waals surface area (Å²) in [6.07, 6.45) is 4.21. The summed E-state index contributed by atoms with van der Waals surface area (Å²) in [7, 11) is -3.71. The van der Waals surface area contributed by atoms with E-state index in [2.05, 4.69) is 16.4 Å². The van der Waals surface area contributed by atoms with Crippen molar-refractivity contribution >= 4 is 15.7 Å². The fourth-order valence-electron chi connectivity index (χ4n) is 2.92. The highest BCUT2D eigenvalue weighted by molar-refractivity contribution is 7.92. The number of amides is 1. The average Bonchev–Trinajstić information content (AvgIpc) is 2.55. The lowest BCUT2D eigenvalue weighted by molar-refractivity contribution is -0.119. The van der Waals surface area contributed by atoms with E-state index in [4.69, 9.17) is 0 Å². The highest BCUT2D eigenvalue weighted by atomic mass is 32.2. The fourth-order valence-corrected chi connectivity index (χ4v) is 4.00. The number of nitrogens with one attached hydrogen (secondary N) is 1. The summed E-state index contributed by atoms with van der Waals surface area (Å²) >= 11 is 0. The number of aromatic nitrogens is 1. The molecule has 0 spiro atoms. The molecule has 1 aromatic carbocycles. The maximum absolute atomic E-state index is 12.2. The van der Waals surface area contributed by atoms with Crippen molar-refractivity contribution in [2.75, 3.05) is 5.75 Å². The Hall–Kier alpha value is -2.21. The van der Waals surface area contributed by atoms with Gasteiger partial charge in [-0.15, -0.1) is 0 Å². The van der Waals surface area contributed by atoms with Crippen molar-refractivity contribution in [1.82, 2.24) is 10.3 Å². The lowest BCUT2D eigenvalue weighted by atomic mass is 9.88. The second kappa shape index (κ2) is 6.50. The van der Waals surface area contributed by atoms with Crippen LogP contribution in [-0.2, 0) is 21.1 Å². The smallest absolute Gasteiger partial charge is 0.236 e. The molecule has 0 fully saturated rings. The van der Waals surface area contributed by atoms with Crippen molar-refractivity contribution in [2.24, 2.45) is 0 Å². The largest absolute Gasteiger partial charge is 0.348 e. The molecule has 6 heteroatoms. The topological polar surface area (TPSA) is 76.1 Å². The van der Waals surface area contributed by atoms with Gasteiger partial charge in [-0.05, 0) is 42.5 Å². The van der Waals surface area contributed by atoms with E-state index in [-0.39, 0.29) is 11.1 Å². The van der Waals surface area contributed by atoms with Gasteiger partial charge >= 0.3 is 0 Å². The highest BCUT2D eigenvalue weighted by Crippen LogP contribution is 2.29. The lowest BCUT2D eigenvalue weighted by Gasteiger charge is -2.26. The van der Waals surface area contributed by atoms with Crippen LogP contribution in [0.4, 0.5) is 0 Å². The van der Waals surface area contributed by atoms with Crippen LogP contribution in [0.5, 0.6) is 0 Å². The molecule has 23 heavy (non-hydrogen) atoms. The number of aryl methyl sites for hydroxylation is 1. The molecular formula is C17H18N2O3S. The lowest BCUT2D eigenvalue weighted by Crippen LogP contribution is -2.35. The van der Waals surface area contributed by atoms with Gasteiger partial charge in [0.05, 0.1) is 6.04 Å². The summed E-state index contributed by atoms with van der Waals surface area (Å²) in [6, 6.07) is 12.5. The van der Waals surface area contributed by atoms with E-state index in [0.29, 0.717) is 0 Å². The molecule has 0 bridgehead atoms. The zero-order valence-corrected chi connectivity index (χ0v) is 13.4. The van der Waals surface area contributed by atoms with E-state index in [0.717, 1.165) is 24.8 Å². The molecule has 0 unspecified atom stereocenters. The first-order valence-electron chi connectivity index (χ1n) is 7.57. The molecule has 1 aliphatic carbocycles. The minimum absolute atomic E-state index is 0.0702. The molecule has 1 N–H and O–H groups in total. The molecule has 1 aromatic heterocycles. The van der Waals surface area contributed by atoms with E-state index in [1.54, 1.807) is 12.1 Å². The van der Waals surface area contributed by atoms with Crippen LogP contribution in [0, 0.1) is 0 Å². The van der Waals surface area contributed by atoms with Crippen LogP contribution in [0.3, 0.4) is 0 Å². The minimum Gasteiger partial charge on any atom is -0.348 e. The Morgan fingerprint density at radius 2 is 1.96 bits per heavy atom. The van der Waals surface area contributed by atoms with Crippen LogP contribution < -0.4 is 5.32 Å². The van der Waals surface area contributed by atoms with Crippen molar-refractivity contribution in [1.29, 1.82) is 0 Å². The number of nitrogens with zero attached hydrogens (tertiary/aromatic N) is 1. The zero-order chi connectivity index (χ0) is 16.3. The van der Waals surface area contributed by atoms with Gasteiger partial charge in [-0.25, -0.2) is 13.4 Å². The number of rotatable bonds is 4. The van der Waals surface area contributed by atoms with Crippen molar-refractivity contribution in [2.45, 2.75) is 30.3 Å². The molecule has 1 aliphatic rings. The number of sulfone groups is 1. The summed E-state index contributed by atoms with van der Waals surface area (Å²) in [4.78, 5) is 16.0. The standard InChI is InChI=1S/C17H18N2O3S/c20-16(12-23(21,22)17-10-3-4-11-18-17)19-15-9-5-7-13-6-1-2-8-14(13)15/h1-4,6,8,10-11,15H,5,7,9,12H2,(H,19,20)/t15-/m0/s1. The maximum atomic E-state index is 12.2. The van der Waals surface area contributed by atoms with Crippen LogP contribution in [0.15, 0.2) is 53.7 Å². The van der Waals surface area contributed by atoms with Crippen LogP contribution >= 0.6 is 0 Å². The normalized spacial score (nSPS) is 17.3. The van der Waals surface area contributed by atoms with Gasteiger partial charge < -0.3 is 5.32 Å². The van der Waals surface area contributed by atoms with Crippen LogP contribution in [-0.4, -0.2) is 25.1 Å². The predicted octanol–water partition coefficient (Wildman–Crippen LogP) is 2.05. The van der Waals surface area contributed by atoms with Crippen LogP contribution in [0.1, 0.15) is 30.0 Å². The van der Waals surface area contributed by atoms with Gasteiger partial charge in [0, 0.05) is 6.20 Å². The Labute approximate surface area is 135 Å². The number of carbonyl (C=O) groups is 1. The van der Waals surface area contributed by atoms with Crippen LogP contribution in [0.2, 0.25) is 0 Å². The van der Waals surface area contributed by atoms with Crippen LogP contribution in [0.25, 0.3) is 0 Å². The third-order valence-electron chi connectivity index (χ3n) is 3.98. The molecule has 1 atom stereocenters. The number of pyridine rings is 1. The summed E-state index contributed by atoms with van der Waals surface area (Å²) < 4.78 is 24.4. The van der Waals surface area contributed by atoms with Crippen molar-refractivity contribution in [3.05, 3.63) is 59.8 Å². The SMILES string of the molecule is O=C(CS(=O)(=O)c1ccccn1)N[C@H]1CCCc2ccccc21. The fraction of sp³-hybridized carbons (Fsp3) is 0.294. The number of benzene rings is 1. The summed E-state index contributed by atoms with van der Waals surface area (Å²) in [5, 5.41) is 2.78. The number of fused-ring (bicyclic) bond motifs is 1. The molecule has 0 saturated carbocycles. The van der Waals surface area contributed by atoms with Gasteiger partial charge in [0.1, 0.15) is 5.75 Å². The first-order chi connectivity index (χ1) is 11.1. The number of hydrogen-bond acceptors (Lipinski definition) is 4. The van der Waals surface area contributed by atoms with E-state index >= 15 is 0 Å². The molecule has 0 aliphatic heterocycles. The van der Waals surface area contributed by atoms with Crippen molar-refractivity contribution in [3.63, 3.8) is 0 Å². The Bertz CT molecular complexity index is 804. The second-order valence-corrected chi connectivity index (χ2v) is 7.57. The number of hydrogen-bond donors (Lipinski definition) is 1. The maximum Gasteiger partial charge on any atom is 0.236 e. The van der Waals surface area contributed by atoms with Gasteiger partial charge in [-0.3, -0.25) is 4.79 Å². The highest BCUT2D eigenvalue weighted by Gasteiger charge is 2.25.